The van der Waals surface area contributed by atoms with Crippen molar-refractivity contribution in [1.29, 1.82) is 0 Å². The number of benzene rings is 3. The molecule has 35 heavy (non-hydrogen) atoms. The summed E-state index contributed by atoms with van der Waals surface area (Å²) in [7, 11) is 1.69. The summed E-state index contributed by atoms with van der Waals surface area (Å²) in [6.07, 6.45) is 0. The number of carbonyl (C=O) groups is 1. The van der Waals surface area contributed by atoms with Crippen molar-refractivity contribution in [3.8, 4) is 22.8 Å². The highest BCUT2D eigenvalue weighted by Gasteiger charge is 2.24. The van der Waals surface area contributed by atoms with Crippen molar-refractivity contribution in [2.75, 3.05) is 43.9 Å². The third-order valence-corrected chi connectivity index (χ3v) is 6.98. The lowest BCUT2D eigenvalue weighted by atomic mass is 10.2. The summed E-state index contributed by atoms with van der Waals surface area (Å²) in [5.74, 6) is 2.04. The molecule has 178 valence electrons. The fraction of sp³-hybridized carbons (Fsp3) is 0.222. The van der Waals surface area contributed by atoms with Crippen LogP contribution >= 0.6 is 11.8 Å². The first-order valence-corrected chi connectivity index (χ1v) is 12.6. The number of aromatic nitrogens is 3. The van der Waals surface area contributed by atoms with Gasteiger partial charge < -0.3 is 14.5 Å². The lowest BCUT2D eigenvalue weighted by molar-refractivity contribution is -0.128. The number of piperazine rings is 1. The number of hydrogen-bond acceptors (Lipinski definition) is 6. The topological polar surface area (TPSA) is 63.5 Å². The Morgan fingerprint density at radius 2 is 1.51 bits per heavy atom. The molecule has 1 aliphatic heterocycles. The quantitative estimate of drug-likeness (QED) is 0.362. The fourth-order valence-corrected chi connectivity index (χ4v) is 5.11. The molecule has 1 fully saturated rings. The first-order valence-electron chi connectivity index (χ1n) is 11.6. The Hall–Kier alpha value is -3.78. The summed E-state index contributed by atoms with van der Waals surface area (Å²) in [5, 5.41) is 9.61. The summed E-state index contributed by atoms with van der Waals surface area (Å²) >= 11 is 1.43. The van der Waals surface area contributed by atoms with Crippen LogP contribution in [-0.4, -0.2) is 64.6 Å². The van der Waals surface area contributed by atoms with Gasteiger partial charge in [0.25, 0.3) is 0 Å². The van der Waals surface area contributed by atoms with Crippen LogP contribution in [0.15, 0.2) is 90.1 Å². The monoisotopic (exact) mass is 485 g/mol. The van der Waals surface area contributed by atoms with Crippen LogP contribution in [0.1, 0.15) is 0 Å². The lowest BCUT2D eigenvalue weighted by Gasteiger charge is -2.36. The zero-order valence-corrected chi connectivity index (χ0v) is 20.4. The highest BCUT2D eigenvalue weighted by molar-refractivity contribution is 7.99. The van der Waals surface area contributed by atoms with Gasteiger partial charge in [-0.15, -0.1) is 10.2 Å². The Morgan fingerprint density at radius 1 is 0.857 bits per heavy atom. The number of carbonyl (C=O) groups excluding carboxylic acids is 1. The number of thioether (sulfide) groups is 1. The Morgan fingerprint density at radius 3 is 2.23 bits per heavy atom. The summed E-state index contributed by atoms with van der Waals surface area (Å²) in [6, 6.07) is 28.0. The minimum atomic E-state index is 0.110. The molecule has 3 aromatic carbocycles. The second kappa shape index (κ2) is 10.7. The van der Waals surface area contributed by atoms with Gasteiger partial charge in [-0.25, -0.2) is 0 Å². The van der Waals surface area contributed by atoms with Gasteiger partial charge in [0.15, 0.2) is 11.0 Å². The smallest absolute Gasteiger partial charge is 0.233 e. The van der Waals surface area contributed by atoms with E-state index in [2.05, 4.69) is 21.2 Å². The van der Waals surface area contributed by atoms with E-state index in [0.29, 0.717) is 24.0 Å². The van der Waals surface area contributed by atoms with Crippen LogP contribution in [0.4, 0.5) is 5.69 Å². The molecule has 0 atom stereocenters. The molecule has 1 aliphatic rings. The molecule has 1 amide bonds. The predicted octanol–water partition coefficient (Wildman–Crippen LogP) is 4.38. The number of rotatable bonds is 7. The maximum atomic E-state index is 13.1. The van der Waals surface area contributed by atoms with Crippen molar-refractivity contribution < 1.29 is 9.53 Å². The van der Waals surface area contributed by atoms with E-state index in [-0.39, 0.29) is 5.91 Å². The van der Waals surface area contributed by atoms with Crippen molar-refractivity contribution in [3.05, 3.63) is 84.9 Å². The van der Waals surface area contributed by atoms with Gasteiger partial charge in [0.05, 0.1) is 18.6 Å². The molecule has 0 unspecified atom stereocenters. The highest BCUT2D eigenvalue weighted by atomic mass is 32.2. The molecule has 0 aliphatic carbocycles. The number of ether oxygens (including phenoxy) is 1. The molecule has 7 nitrogen and oxygen atoms in total. The summed E-state index contributed by atoms with van der Waals surface area (Å²) in [4.78, 5) is 17.3. The van der Waals surface area contributed by atoms with E-state index in [1.807, 2.05) is 88.3 Å². The number of anilines is 1. The third kappa shape index (κ3) is 5.02. The minimum Gasteiger partial charge on any atom is -0.495 e. The normalized spacial score (nSPS) is 13.6. The van der Waals surface area contributed by atoms with Gasteiger partial charge in [-0.3, -0.25) is 9.36 Å². The van der Waals surface area contributed by atoms with Crippen molar-refractivity contribution in [3.63, 3.8) is 0 Å². The van der Waals surface area contributed by atoms with Gasteiger partial charge >= 0.3 is 0 Å². The SMILES string of the molecule is COc1ccccc1N1CCN(C(=O)CSc2nnc(-c3ccccc3)n2-c2ccccc2)CC1. The average Bonchev–Trinajstić information content (AvgIpc) is 3.37. The van der Waals surface area contributed by atoms with E-state index in [1.54, 1.807) is 7.11 Å². The number of para-hydroxylation sites is 3. The Balaban J connectivity index is 1.27. The number of hydrogen-bond donors (Lipinski definition) is 0. The van der Waals surface area contributed by atoms with Crippen LogP contribution in [0.3, 0.4) is 0 Å². The van der Waals surface area contributed by atoms with Gasteiger partial charge in [-0.05, 0) is 24.3 Å². The van der Waals surface area contributed by atoms with E-state index in [4.69, 9.17) is 4.74 Å². The van der Waals surface area contributed by atoms with E-state index in [9.17, 15) is 4.79 Å². The highest BCUT2D eigenvalue weighted by Crippen LogP contribution is 2.30. The van der Waals surface area contributed by atoms with E-state index in [1.165, 1.54) is 11.8 Å². The van der Waals surface area contributed by atoms with Crippen LogP contribution in [0.5, 0.6) is 5.75 Å². The minimum absolute atomic E-state index is 0.110. The van der Waals surface area contributed by atoms with Gasteiger partial charge in [0.1, 0.15) is 5.75 Å². The van der Waals surface area contributed by atoms with Crippen molar-refractivity contribution in [2.45, 2.75) is 5.16 Å². The lowest BCUT2D eigenvalue weighted by Crippen LogP contribution is -2.49. The molecule has 0 bridgehead atoms. The molecule has 2 heterocycles. The molecule has 0 radical (unpaired) electrons. The third-order valence-electron chi connectivity index (χ3n) is 6.06. The molecule has 8 heteroatoms. The number of methoxy groups -OCH3 is 1. The second-order valence-electron chi connectivity index (χ2n) is 8.17. The summed E-state index contributed by atoms with van der Waals surface area (Å²) in [5.41, 5.74) is 3.02. The Labute approximate surface area is 209 Å². The van der Waals surface area contributed by atoms with Gasteiger partial charge in [0, 0.05) is 37.4 Å². The first kappa shape index (κ1) is 23.0. The molecule has 0 spiro atoms. The summed E-state index contributed by atoms with van der Waals surface area (Å²) in [6.45, 7) is 2.90. The molecule has 0 N–H and O–H groups in total. The van der Waals surface area contributed by atoms with Crippen LogP contribution < -0.4 is 9.64 Å². The standard InChI is InChI=1S/C27H27N5O2S/c1-34-24-15-9-8-14-23(24)30-16-18-31(19-17-30)25(33)20-35-27-29-28-26(21-10-4-2-5-11-21)32(27)22-12-6-3-7-13-22/h2-15H,16-20H2,1H3. The van der Waals surface area contributed by atoms with Crippen molar-refractivity contribution in [2.24, 2.45) is 0 Å². The molecule has 5 rings (SSSR count). The maximum Gasteiger partial charge on any atom is 0.233 e. The maximum absolute atomic E-state index is 13.1. The van der Waals surface area contributed by atoms with Crippen molar-refractivity contribution >= 4 is 23.4 Å². The number of nitrogens with zero attached hydrogens (tertiary/aromatic N) is 5. The molecular formula is C27H27N5O2S. The van der Waals surface area contributed by atoms with E-state index in [0.717, 1.165) is 41.6 Å². The molecule has 0 saturated carbocycles. The van der Waals surface area contributed by atoms with Gasteiger partial charge in [-0.1, -0.05) is 72.4 Å². The second-order valence-corrected chi connectivity index (χ2v) is 9.11. The largest absolute Gasteiger partial charge is 0.495 e. The first-order chi connectivity index (χ1) is 17.2. The Kier molecular flexibility index (Phi) is 6.99. The van der Waals surface area contributed by atoms with Gasteiger partial charge in [0.2, 0.25) is 5.91 Å². The average molecular weight is 486 g/mol. The van der Waals surface area contributed by atoms with E-state index >= 15 is 0 Å². The van der Waals surface area contributed by atoms with Crippen LogP contribution in [0.25, 0.3) is 17.1 Å². The fourth-order valence-electron chi connectivity index (χ4n) is 4.25. The predicted molar refractivity (Wildman–Crippen MR) is 139 cm³/mol. The molecule has 1 saturated heterocycles. The Bertz CT molecular complexity index is 1270. The number of amides is 1. The molecule has 4 aromatic rings. The van der Waals surface area contributed by atoms with Crippen molar-refractivity contribution in [1.82, 2.24) is 19.7 Å². The zero-order valence-electron chi connectivity index (χ0n) is 19.6. The van der Waals surface area contributed by atoms with Crippen LogP contribution in [0, 0.1) is 0 Å². The molecule has 1 aromatic heterocycles. The van der Waals surface area contributed by atoms with Crippen LogP contribution in [0.2, 0.25) is 0 Å². The van der Waals surface area contributed by atoms with Crippen LogP contribution in [-0.2, 0) is 4.79 Å². The van der Waals surface area contributed by atoms with E-state index < -0.39 is 0 Å². The van der Waals surface area contributed by atoms with Gasteiger partial charge in [-0.2, -0.15) is 0 Å². The molecular weight excluding hydrogens is 458 g/mol. The zero-order chi connectivity index (χ0) is 24.0. The summed E-state index contributed by atoms with van der Waals surface area (Å²) < 4.78 is 7.52.